The van der Waals surface area contributed by atoms with Crippen LogP contribution in [0, 0.1) is 5.92 Å². The molecule has 0 bridgehead atoms. The molecule has 7 heteroatoms. The van der Waals surface area contributed by atoms with Crippen LogP contribution >= 0.6 is 11.8 Å². The van der Waals surface area contributed by atoms with Gasteiger partial charge in [-0.05, 0) is 38.5 Å². The first kappa shape index (κ1) is 48.1. The Morgan fingerprint density at radius 3 is 1.52 bits per heavy atom. The highest BCUT2D eigenvalue weighted by Gasteiger charge is 2.42. The molecule has 0 amide bonds. The molecule has 5 nitrogen and oxygen atoms in total. The van der Waals surface area contributed by atoms with E-state index in [-0.39, 0.29) is 0 Å². The lowest BCUT2D eigenvalue weighted by Crippen LogP contribution is -2.52. The van der Waals surface area contributed by atoms with Crippen molar-refractivity contribution in [1.29, 1.82) is 0 Å². The molecule has 1 rings (SSSR count). The minimum atomic E-state index is -2.74. The molecule has 1 aliphatic rings. The van der Waals surface area contributed by atoms with Crippen LogP contribution in [0.25, 0.3) is 0 Å². The van der Waals surface area contributed by atoms with Crippen LogP contribution in [0.3, 0.4) is 0 Å². The van der Waals surface area contributed by atoms with E-state index >= 15 is 0 Å². The summed E-state index contributed by atoms with van der Waals surface area (Å²) < 4.78 is 18.7. The van der Waals surface area contributed by atoms with Crippen molar-refractivity contribution in [3.8, 4) is 0 Å². The van der Waals surface area contributed by atoms with E-state index in [0.717, 1.165) is 44.2 Å². The van der Waals surface area contributed by atoms with Gasteiger partial charge in [-0.1, -0.05) is 205 Å². The Balaban J connectivity index is 2.00. The minimum absolute atomic E-state index is 0.342. The average molecular weight is 742 g/mol. The van der Waals surface area contributed by atoms with Gasteiger partial charge in [0, 0.05) is 38.0 Å². The van der Waals surface area contributed by atoms with Crippen molar-refractivity contribution in [2.45, 2.75) is 239 Å². The highest BCUT2D eigenvalue weighted by molar-refractivity contribution is 8.13. The van der Waals surface area contributed by atoms with E-state index in [1.807, 2.05) is 6.92 Å². The van der Waals surface area contributed by atoms with Gasteiger partial charge in [0.25, 0.3) is 0 Å². The molecule has 2 atom stereocenters. The number of hydrogen-bond acceptors (Lipinski definition) is 6. The van der Waals surface area contributed by atoms with Gasteiger partial charge < -0.3 is 8.85 Å². The number of nitrogens with one attached hydrogen (secondary N) is 1. The molecule has 298 valence electrons. The SMILES string of the molecule is CCCCCCCCCCCCCCCCCCC1CCO[Si](CCCSC(=O)CCCCCCCCCCCCCCC)(OCC)ONC1. The maximum Gasteiger partial charge on any atom is 0.517 e. The highest BCUT2D eigenvalue weighted by atomic mass is 32.2. The normalized spacial score (nSPS) is 18.3. The number of thioether (sulfide) groups is 1. The Bertz CT molecular complexity index is 704. The van der Waals surface area contributed by atoms with Crippen molar-refractivity contribution in [2.75, 3.05) is 25.5 Å². The monoisotopic (exact) mass is 742 g/mol. The van der Waals surface area contributed by atoms with Crippen LogP contribution in [0.2, 0.25) is 6.04 Å². The van der Waals surface area contributed by atoms with Crippen LogP contribution in [0.5, 0.6) is 0 Å². The number of carbonyl (C=O) groups is 1. The second-order valence-corrected chi connectivity index (χ2v) is 19.3. The molecule has 0 aromatic heterocycles. The molecular weight excluding hydrogens is 655 g/mol. The number of carbonyl (C=O) groups excluding carboxylic acids is 1. The van der Waals surface area contributed by atoms with Crippen LogP contribution in [0.15, 0.2) is 0 Å². The van der Waals surface area contributed by atoms with Crippen molar-refractivity contribution >= 4 is 25.7 Å². The molecule has 0 aromatic rings. The van der Waals surface area contributed by atoms with Crippen molar-refractivity contribution in [2.24, 2.45) is 5.92 Å². The van der Waals surface area contributed by atoms with Gasteiger partial charge in [0.2, 0.25) is 0 Å². The smallest absolute Gasteiger partial charge is 0.373 e. The van der Waals surface area contributed by atoms with Crippen molar-refractivity contribution in [1.82, 2.24) is 5.48 Å². The molecule has 1 aliphatic heterocycles. The van der Waals surface area contributed by atoms with E-state index in [0.29, 0.717) is 24.1 Å². The van der Waals surface area contributed by atoms with E-state index in [1.165, 1.54) is 198 Å². The fourth-order valence-electron chi connectivity index (χ4n) is 7.33. The molecule has 1 fully saturated rings. The maximum atomic E-state index is 12.5. The number of hydrogen-bond donors (Lipinski definition) is 1. The van der Waals surface area contributed by atoms with Gasteiger partial charge >= 0.3 is 8.80 Å². The van der Waals surface area contributed by atoms with E-state index in [4.69, 9.17) is 13.4 Å². The van der Waals surface area contributed by atoms with E-state index in [1.54, 1.807) is 0 Å². The van der Waals surface area contributed by atoms with Gasteiger partial charge in [-0.15, -0.1) is 0 Å². The van der Waals surface area contributed by atoms with Crippen molar-refractivity contribution < 1.29 is 18.2 Å². The zero-order valence-corrected chi connectivity index (χ0v) is 35.8. The summed E-state index contributed by atoms with van der Waals surface area (Å²) in [5.41, 5.74) is 3.27. The topological polar surface area (TPSA) is 56.8 Å². The first-order chi connectivity index (χ1) is 24.7. The van der Waals surface area contributed by atoms with Gasteiger partial charge in [-0.2, -0.15) is 0 Å². The molecular formula is C43H87NO4SSi. The number of unbranched alkanes of at least 4 members (excludes halogenated alkanes) is 27. The van der Waals surface area contributed by atoms with Crippen molar-refractivity contribution in [3.63, 3.8) is 0 Å². The zero-order valence-electron chi connectivity index (χ0n) is 34.0. The Hall–Kier alpha value is 0.0769. The molecule has 1 N–H and O–H groups in total. The molecule has 0 aromatic carbocycles. The highest BCUT2D eigenvalue weighted by Crippen LogP contribution is 2.25. The second kappa shape index (κ2) is 37.4. The van der Waals surface area contributed by atoms with Gasteiger partial charge in [0.05, 0.1) is 0 Å². The summed E-state index contributed by atoms with van der Waals surface area (Å²) in [6.07, 6.45) is 44.0. The van der Waals surface area contributed by atoms with Crippen LogP contribution in [-0.4, -0.2) is 39.4 Å². The van der Waals surface area contributed by atoms with Crippen LogP contribution < -0.4 is 5.48 Å². The third-order valence-corrected chi connectivity index (χ3v) is 14.5. The van der Waals surface area contributed by atoms with Crippen LogP contribution in [0.1, 0.15) is 233 Å². The molecule has 0 radical (unpaired) electrons. The first-order valence-electron chi connectivity index (χ1n) is 22.5. The number of rotatable bonds is 37. The Labute approximate surface area is 318 Å². The Kier molecular flexibility index (Phi) is 36.0. The fourth-order valence-corrected chi connectivity index (χ4v) is 10.8. The molecule has 50 heavy (non-hydrogen) atoms. The molecule has 1 heterocycles. The van der Waals surface area contributed by atoms with Gasteiger partial charge in [-0.3, -0.25) is 9.32 Å². The summed E-state index contributed by atoms with van der Waals surface area (Å²) in [6.45, 7) is 8.81. The quantitative estimate of drug-likeness (QED) is 0.0505. The lowest BCUT2D eigenvalue weighted by Gasteiger charge is -2.33. The van der Waals surface area contributed by atoms with E-state index in [9.17, 15) is 4.79 Å². The largest absolute Gasteiger partial charge is 0.517 e. The van der Waals surface area contributed by atoms with Crippen molar-refractivity contribution in [3.05, 3.63) is 0 Å². The Morgan fingerprint density at radius 1 is 0.620 bits per heavy atom. The number of hydroxylamine groups is 1. The van der Waals surface area contributed by atoms with Gasteiger partial charge in [-0.25, -0.2) is 5.48 Å². The predicted molar refractivity (Wildman–Crippen MR) is 222 cm³/mol. The standard InChI is InChI=1S/C43H87NO4SSi/c1-4-7-9-11-13-15-17-19-20-21-23-24-26-28-30-32-35-42-37-38-47-50(46-6-3,48-44-41-42)40-34-39-49-43(45)36-33-31-29-27-25-22-18-16-14-12-10-8-5-2/h42,44H,4-41H2,1-3H3. The summed E-state index contributed by atoms with van der Waals surface area (Å²) in [5.74, 6) is 1.43. The Morgan fingerprint density at radius 2 is 1.06 bits per heavy atom. The van der Waals surface area contributed by atoms with Crippen LogP contribution in [-0.2, 0) is 18.2 Å². The maximum absolute atomic E-state index is 12.5. The third-order valence-electron chi connectivity index (χ3n) is 10.7. The zero-order chi connectivity index (χ0) is 36.1. The first-order valence-corrected chi connectivity index (χ1v) is 25.4. The second-order valence-electron chi connectivity index (χ2n) is 15.5. The average Bonchev–Trinajstić information content (AvgIpc) is 3.10. The summed E-state index contributed by atoms with van der Waals surface area (Å²) in [6, 6.07) is 0.774. The van der Waals surface area contributed by atoms with E-state index in [2.05, 4.69) is 19.3 Å². The molecule has 2 unspecified atom stereocenters. The molecule has 0 aliphatic carbocycles. The van der Waals surface area contributed by atoms with Crippen LogP contribution in [0.4, 0.5) is 0 Å². The van der Waals surface area contributed by atoms with Gasteiger partial charge in [0.1, 0.15) is 0 Å². The lowest BCUT2D eigenvalue weighted by atomic mass is 9.97. The summed E-state index contributed by atoms with van der Waals surface area (Å²) in [4.78, 5) is 12.5. The van der Waals surface area contributed by atoms with E-state index < -0.39 is 8.80 Å². The summed E-state index contributed by atoms with van der Waals surface area (Å²) in [7, 11) is -2.74. The molecule has 0 saturated carbocycles. The fraction of sp³-hybridized carbons (Fsp3) is 0.977. The lowest BCUT2D eigenvalue weighted by molar-refractivity contribution is -0.111. The summed E-state index contributed by atoms with van der Waals surface area (Å²) in [5, 5.41) is 0.342. The predicted octanol–water partition coefficient (Wildman–Crippen LogP) is 14.3. The minimum Gasteiger partial charge on any atom is -0.373 e. The summed E-state index contributed by atoms with van der Waals surface area (Å²) >= 11 is 1.50. The third kappa shape index (κ3) is 30.5. The molecule has 1 saturated heterocycles. The van der Waals surface area contributed by atoms with Gasteiger partial charge in [0.15, 0.2) is 5.12 Å². The molecule has 0 spiro atoms.